The minimum absolute atomic E-state index is 0.0769. The maximum absolute atomic E-state index is 12.3. The van der Waals surface area contributed by atoms with E-state index in [1.165, 1.54) is 17.2 Å². The summed E-state index contributed by atoms with van der Waals surface area (Å²) < 4.78 is 1.58. The number of hydrogen-bond donors (Lipinski definition) is 1. The zero-order chi connectivity index (χ0) is 14.7. The summed E-state index contributed by atoms with van der Waals surface area (Å²) in [4.78, 5) is 24.1. The van der Waals surface area contributed by atoms with Crippen LogP contribution in [0.4, 0.5) is 5.69 Å². The Bertz CT molecular complexity index is 617. The number of H-pyrrole nitrogens is 1. The molecular formula is C12H15N5O3. The largest absolute Gasteiger partial charge is 0.337 e. The normalized spacial score (nSPS) is 10.5. The van der Waals surface area contributed by atoms with Gasteiger partial charge in [-0.05, 0) is 6.92 Å². The maximum Gasteiger partial charge on any atom is 0.287 e. The van der Waals surface area contributed by atoms with Gasteiger partial charge in [0.05, 0.1) is 17.3 Å². The number of aromatic nitrogens is 3. The van der Waals surface area contributed by atoms with Crippen LogP contribution in [0.1, 0.15) is 23.0 Å². The molecule has 0 aromatic carbocycles. The van der Waals surface area contributed by atoms with E-state index in [0.29, 0.717) is 18.8 Å². The highest BCUT2D eigenvalue weighted by Crippen LogP contribution is 2.18. The second-order valence-corrected chi connectivity index (χ2v) is 4.39. The van der Waals surface area contributed by atoms with E-state index >= 15 is 0 Å². The molecule has 0 saturated carbocycles. The highest BCUT2D eigenvalue weighted by atomic mass is 16.6. The highest BCUT2D eigenvalue weighted by Gasteiger charge is 2.21. The molecule has 0 fully saturated rings. The van der Waals surface area contributed by atoms with E-state index in [-0.39, 0.29) is 11.6 Å². The molecule has 20 heavy (non-hydrogen) atoms. The number of nitrogens with one attached hydrogen (secondary N) is 1. The molecule has 0 bridgehead atoms. The number of carbonyl (C=O) groups excluding carboxylic acids is 1. The molecular weight excluding hydrogens is 262 g/mol. The van der Waals surface area contributed by atoms with Crippen molar-refractivity contribution < 1.29 is 9.72 Å². The molecule has 0 aliphatic rings. The Kier molecular flexibility index (Phi) is 3.83. The van der Waals surface area contributed by atoms with Gasteiger partial charge in [0, 0.05) is 38.0 Å². The number of rotatable bonds is 5. The zero-order valence-electron chi connectivity index (χ0n) is 11.2. The van der Waals surface area contributed by atoms with Crippen LogP contribution < -0.4 is 0 Å². The van der Waals surface area contributed by atoms with Gasteiger partial charge in [-0.15, -0.1) is 0 Å². The van der Waals surface area contributed by atoms with E-state index in [1.807, 2.05) is 6.92 Å². The first-order valence-corrected chi connectivity index (χ1v) is 6.10. The third-order valence-electron chi connectivity index (χ3n) is 2.97. The quantitative estimate of drug-likeness (QED) is 0.660. The van der Waals surface area contributed by atoms with E-state index in [9.17, 15) is 14.9 Å². The Morgan fingerprint density at radius 3 is 2.90 bits per heavy atom. The Morgan fingerprint density at radius 1 is 1.60 bits per heavy atom. The standard InChI is InChI=1S/C12H15N5O3/c1-3-16-8-10(17(19)20)4-11(16)12(18)15(2)7-9-5-13-14-6-9/h4-6,8H,3,7H2,1-2H3,(H,13,14). The van der Waals surface area contributed by atoms with E-state index < -0.39 is 4.92 Å². The Hall–Kier alpha value is -2.64. The van der Waals surface area contributed by atoms with Crippen molar-refractivity contribution >= 4 is 11.6 Å². The number of nitrogens with zero attached hydrogens (tertiary/aromatic N) is 4. The molecule has 1 N–H and O–H groups in total. The van der Waals surface area contributed by atoms with Gasteiger partial charge in [0.2, 0.25) is 0 Å². The predicted molar refractivity (Wildman–Crippen MR) is 71.1 cm³/mol. The molecule has 0 aliphatic carbocycles. The fourth-order valence-electron chi connectivity index (χ4n) is 1.94. The van der Waals surface area contributed by atoms with E-state index in [0.717, 1.165) is 5.56 Å². The maximum atomic E-state index is 12.3. The number of carbonyl (C=O) groups is 1. The topological polar surface area (TPSA) is 97.1 Å². The summed E-state index contributed by atoms with van der Waals surface area (Å²) in [6, 6.07) is 1.30. The number of aryl methyl sites for hydroxylation is 1. The minimum Gasteiger partial charge on any atom is -0.337 e. The van der Waals surface area contributed by atoms with Gasteiger partial charge < -0.3 is 9.47 Å². The lowest BCUT2D eigenvalue weighted by Gasteiger charge is -2.16. The van der Waals surface area contributed by atoms with Crippen LogP contribution in [0.15, 0.2) is 24.7 Å². The van der Waals surface area contributed by atoms with Gasteiger partial charge in [-0.1, -0.05) is 0 Å². The van der Waals surface area contributed by atoms with E-state index in [4.69, 9.17) is 0 Å². The van der Waals surface area contributed by atoms with Crippen molar-refractivity contribution in [3.63, 3.8) is 0 Å². The molecule has 8 heteroatoms. The third kappa shape index (κ3) is 2.68. The Balaban J connectivity index is 2.21. The average molecular weight is 277 g/mol. The van der Waals surface area contributed by atoms with Crippen LogP contribution in [0, 0.1) is 10.1 Å². The molecule has 0 aliphatic heterocycles. The lowest BCUT2D eigenvalue weighted by molar-refractivity contribution is -0.384. The average Bonchev–Trinajstić information content (AvgIpc) is 3.06. The summed E-state index contributed by atoms with van der Waals surface area (Å²) in [5.41, 5.74) is 1.10. The minimum atomic E-state index is -0.501. The molecule has 0 saturated heterocycles. The van der Waals surface area contributed by atoms with Crippen molar-refractivity contribution in [2.24, 2.45) is 0 Å². The molecule has 2 heterocycles. The van der Waals surface area contributed by atoms with Crippen LogP contribution in [-0.2, 0) is 13.1 Å². The lowest BCUT2D eigenvalue weighted by Crippen LogP contribution is -2.28. The van der Waals surface area contributed by atoms with Gasteiger partial charge >= 0.3 is 0 Å². The van der Waals surface area contributed by atoms with Gasteiger partial charge in [0.15, 0.2) is 0 Å². The number of amides is 1. The molecule has 2 aromatic rings. The van der Waals surface area contributed by atoms with Crippen molar-refractivity contribution in [1.29, 1.82) is 0 Å². The van der Waals surface area contributed by atoms with Crippen molar-refractivity contribution in [1.82, 2.24) is 19.7 Å². The summed E-state index contributed by atoms with van der Waals surface area (Å²) >= 11 is 0. The molecule has 2 aromatic heterocycles. The van der Waals surface area contributed by atoms with Crippen molar-refractivity contribution in [3.8, 4) is 0 Å². The first kappa shape index (κ1) is 13.8. The smallest absolute Gasteiger partial charge is 0.287 e. The van der Waals surface area contributed by atoms with Gasteiger partial charge in [0.25, 0.3) is 11.6 Å². The van der Waals surface area contributed by atoms with Gasteiger partial charge in [0.1, 0.15) is 5.69 Å². The van der Waals surface area contributed by atoms with Gasteiger partial charge in [-0.2, -0.15) is 5.10 Å². The number of aromatic amines is 1. The molecule has 2 rings (SSSR count). The fraction of sp³-hybridized carbons (Fsp3) is 0.333. The fourth-order valence-corrected chi connectivity index (χ4v) is 1.94. The number of nitro groups is 1. The highest BCUT2D eigenvalue weighted by molar-refractivity contribution is 5.93. The van der Waals surface area contributed by atoms with Gasteiger partial charge in [-0.25, -0.2) is 0 Å². The summed E-state index contributed by atoms with van der Waals surface area (Å²) in [6.07, 6.45) is 4.70. The SMILES string of the molecule is CCn1cc([N+](=O)[O-])cc1C(=O)N(C)Cc1cn[nH]c1. The van der Waals surface area contributed by atoms with Crippen molar-refractivity contribution in [2.75, 3.05) is 7.05 Å². The first-order valence-electron chi connectivity index (χ1n) is 6.10. The molecule has 0 spiro atoms. The van der Waals surface area contributed by atoms with Crippen molar-refractivity contribution in [2.45, 2.75) is 20.0 Å². The number of hydrogen-bond acceptors (Lipinski definition) is 4. The monoisotopic (exact) mass is 277 g/mol. The van der Waals surface area contributed by atoms with Crippen molar-refractivity contribution in [3.05, 3.63) is 46.0 Å². The predicted octanol–water partition coefficient (Wildman–Crippen LogP) is 1.41. The third-order valence-corrected chi connectivity index (χ3v) is 2.97. The van der Waals surface area contributed by atoms with Crippen LogP contribution in [0.5, 0.6) is 0 Å². The molecule has 0 unspecified atom stereocenters. The van der Waals surface area contributed by atoms with Crippen LogP contribution >= 0.6 is 0 Å². The summed E-state index contributed by atoms with van der Waals surface area (Å²) in [6.45, 7) is 2.71. The van der Waals surface area contributed by atoms with Crippen LogP contribution in [0.3, 0.4) is 0 Å². The van der Waals surface area contributed by atoms with E-state index in [2.05, 4.69) is 10.2 Å². The summed E-state index contributed by atoms with van der Waals surface area (Å²) in [5.74, 6) is -0.263. The van der Waals surface area contributed by atoms with E-state index in [1.54, 1.807) is 24.0 Å². The molecule has 0 radical (unpaired) electrons. The van der Waals surface area contributed by atoms with Crippen LogP contribution in [-0.4, -0.2) is 37.5 Å². The molecule has 1 amide bonds. The summed E-state index contributed by atoms with van der Waals surface area (Å²) in [7, 11) is 1.65. The Morgan fingerprint density at radius 2 is 2.35 bits per heavy atom. The van der Waals surface area contributed by atoms with Gasteiger partial charge in [-0.3, -0.25) is 20.0 Å². The molecule has 0 atom stereocenters. The first-order chi connectivity index (χ1) is 9.52. The van der Waals surface area contributed by atoms with Crippen LogP contribution in [0.2, 0.25) is 0 Å². The summed E-state index contributed by atoms with van der Waals surface area (Å²) in [5, 5.41) is 17.3. The zero-order valence-corrected chi connectivity index (χ0v) is 11.2. The Labute approximate surface area is 115 Å². The lowest BCUT2D eigenvalue weighted by atomic mass is 10.3. The second-order valence-electron chi connectivity index (χ2n) is 4.39. The van der Waals surface area contributed by atoms with Crippen LogP contribution in [0.25, 0.3) is 0 Å². The molecule has 106 valence electrons. The molecule has 8 nitrogen and oxygen atoms in total. The second kappa shape index (κ2) is 5.55.